The summed E-state index contributed by atoms with van der Waals surface area (Å²) in [7, 11) is 0. The largest absolute Gasteiger partial charge is 0.320 e. The third kappa shape index (κ3) is 6.10. The number of carbonyl (C=O) groups is 1. The maximum Gasteiger partial charge on any atom is 0.285 e. The van der Waals surface area contributed by atoms with E-state index in [4.69, 9.17) is 0 Å². The number of likely N-dealkylation sites (tertiary alicyclic amines) is 1. The van der Waals surface area contributed by atoms with E-state index in [0.717, 1.165) is 29.6 Å². The molecule has 1 aliphatic carbocycles. The maximum absolute atomic E-state index is 13.3. The van der Waals surface area contributed by atoms with Gasteiger partial charge < -0.3 is 9.80 Å². The summed E-state index contributed by atoms with van der Waals surface area (Å²) in [5.74, 6) is 0.265. The van der Waals surface area contributed by atoms with Gasteiger partial charge in [-0.25, -0.2) is 0 Å². The smallest absolute Gasteiger partial charge is 0.285 e. The van der Waals surface area contributed by atoms with Crippen LogP contribution < -0.4 is 5.32 Å². The summed E-state index contributed by atoms with van der Waals surface area (Å²) < 4.78 is 1.02. The molecule has 0 aromatic heterocycles. The third-order valence-electron chi connectivity index (χ3n) is 7.44. The first kappa shape index (κ1) is 27.2. The average Bonchev–Trinajstić information content (AvgIpc) is 3.56. The third-order valence-corrected chi connectivity index (χ3v) is 7.44. The molecule has 1 N–H and O–H groups in total. The molecule has 0 unspecified atom stereocenters. The van der Waals surface area contributed by atoms with Gasteiger partial charge in [-0.15, -0.1) is 0 Å². The van der Waals surface area contributed by atoms with Gasteiger partial charge in [-0.3, -0.25) is 4.79 Å². The first-order chi connectivity index (χ1) is 14.8. The molecular formula is C28H41N2OY+. The summed E-state index contributed by atoms with van der Waals surface area (Å²) in [5.41, 5.74) is 5.80. The number of benzene rings is 2. The van der Waals surface area contributed by atoms with Crippen molar-refractivity contribution in [1.82, 2.24) is 0 Å². The molecule has 1 amide bonds. The molecule has 2 fully saturated rings. The van der Waals surface area contributed by atoms with Crippen LogP contribution in [0.2, 0.25) is 0 Å². The van der Waals surface area contributed by atoms with Crippen molar-refractivity contribution in [2.24, 2.45) is 0 Å². The van der Waals surface area contributed by atoms with Crippen molar-refractivity contribution in [1.29, 1.82) is 0 Å². The monoisotopic (exact) mass is 510 g/mol. The number of rotatable bonds is 4. The van der Waals surface area contributed by atoms with Crippen LogP contribution in [0.4, 0.5) is 5.69 Å². The van der Waals surface area contributed by atoms with Crippen LogP contribution in [-0.2, 0) is 37.5 Å². The predicted molar refractivity (Wildman–Crippen MR) is 131 cm³/mol. The topological polar surface area (TPSA) is 29.1 Å². The van der Waals surface area contributed by atoms with Crippen molar-refractivity contribution in [2.75, 3.05) is 25.0 Å². The van der Waals surface area contributed by atoms with Gasteiger partial charge >= 0.3 is 0 Å². The van der Waals surface area contributed by atoms with Gasteiger partial charge in [0, 0.05) is 51.2 Å². The second kappa shape index (κ2) is 11.9. The normalized spacial score (nSPS) is 18.3. The number of amides is 1. The van der Waals surface area contributed by atoms with Crippen molar-refractivity contribution in [3.05, 3.63) is 64.7 Å². The minimum atomic E-state index is -0.164. The summed E-state index contributed by atoms with van der Waals surface area (Å²) in [6.07, 6.45) is 7.30. The Morgan fingerprint density at radius 1 is 0.875 bits per heavy atom. The van der Waals surface area contributed by atoms with Crippen LogP contribution in [-0.4, -0.2) is 35.6 Å². The number of likely N-dealkylation sites (N-methyl/N-ethyl adjacent to an activating group) is 1. The number of quaternary nitrogens is 1. The first-order valence-corrected chi connectivity index (χ1v) is 12.1. The van der Waals surface area contributed by atoms with E-state index in [1.807, 2.05) is 18.2 Å². The number of hydrogen-bond acceptors (Lipinski definition) is 1. The summed E-state index contributed by atoms with van der Waals surface area (Å²) >= 11 is 0. The van der Waals surface area contributed by atoms with Gasteiger partial charge in [0.05, 0.1) is 19.6 Å². The summed E-state index contributed by atoms with van der Waals surface area (Å²) in [4.78, 5) is 13.3. The van der Waals surface area contributed by atoms with Crippen molar-refractivity contribution in [3.8, 4) is 0 Å². The number of aryl methyl sites for hydroxylation is 4. The fraction of sp³-hybridized carbons (Fsp3) is 0.536. The molecule has 0 bridgehead atoms. The first-order valence-electron chi connectivity index (χ1n) is 12.1. The molecule has 2 aromatic carbocycles. The molecule has 0 atom stereocenters. The quantitative estimate of drug-likeness (QED) is 0.469. The molecule has 4 rings (SSSR count). The predicted octanol–water partition coefficient (Wildman–Crippen LogP) is 6.49. The SMILES string of the molecule is CC[N+]1(C2(C(=O)Nc3c(C)cc(C)cc3C)CC2)CCCCCC1.Cc1ccccc1.[Y]. The van der Waals surface area contributed by atoms with E-state index in [-0.39, 0.29) is 44.2 Å². The van der Waals surface area contributed by atoms with Gasteiger partial charge in [0.2, 0.25) is 0 Å². The van der Waals surface area contributed by atoms with Crippen LogP contribution in [0.5, 0.6) is 0 Å². The Morgan fingerprint density at radius 3 is 1.81 bits per heavy atom. The number of anilines is 1. The summed E-state index contributed by atoms with van der Waals surface area (Å²) in [5, 5.41) is 3.33. The molecule has 1 saturated heterocycles. The van der Waals surface area contributed by atoms with E-state index in [1.165, 1.54) is 61.0 Å². The maximum atomic E-state index is 13.3. The summed E-state index contributed by atoms with van der Waals surface area (Å²) in [6.45, 7) is 14.1. The number of hydrogen-bond donors (Lipinski definition) is 1. The molecule has 3 nitrogen and oxygen atoms in total. The van der Waals surface area contributed by atoms with Crippen molar-refractivity contribution in [3.63, 3.8) is 0 Å². The molecule has 1 saturated carbocycles. The Balaban J connectivity index is 0.000000388. The number of nitrogens with one attached hydrogen (secondary N) is 1. The van der Waals surface area contributed by atoms with Gasteiger partial charge in [0.25, 0.3) is 5.91 Å². The minimum Gasteiger partial charge on any atom is -0.320 e. The zero-order valence-electron chi connectivity index (χ0n) is 20.8. The van der Waals surface area contributed by atoms with Crippen molar-refractivity contribution >= 4 is 11.6 Å². The molecule has 0 spiro atoms. The standard InChI is InChI=1S/C21H32N2O.C7H8.Y/c1-5-23(12-8-6-7-9-13-23)21(10-11-21)20(24)22-19-17(3)14-16(2)15-18(19)4;1-7-5-3-2-4-6-7;/h14-15H,5-13H2,1-4H3;2-6H,1H3;/p+1. The van der Waals surface area contributed by atoms with E-state index in [2.05, 4.69) is 64.2 Å². The van der Waals surface area contributed by atoms with Crippen LogP contribution >= 0.6 is 0 Å². The van der Waals surface area contributed by atoms with Gasteiger partial charge in [-0.2, -0.15) is 0 Å². The second-order valence-corrected chi connectivity index (χ2v) is 9.74. The molecular weight excluding hydrogens is 469 g/mol. The number of carbonyl (C=O) groups excluding carboxylic acids is 1. The van der Waals surface area contributed by atoms with Crippen LogP contribution in [0, 0.1) is 27.7 Å². The molecule has 2 aromatic rings. The molecule has 1 radical (unpaired) electrons. The van der Waals surface area contributed by atoms with E-state index in [1.54, 1.807) is 0 Å². The number of nitrogens with zero attached hydrogens (tertiary/aromatic N) is 1. The molecule has 1 aliphatic heterocycles. The van der Waals surface area contributed by atoms with Gasteiger partial charge in [-0.1, -0.05) is 53.6 Å². The van der Waals surface area contributed by atoms with E-state index in [9.17, 15) is 4.79 Å². The molecule has 2 aliphatic rings. The Kier molecular flexibility index (Phi) is 10.1. The molecule has 1 heterocycles. The Labute approximate surface area is 220 Å². The van der Waals surface area contributed by atoms with Crippen LogP contribution in [0.15, 0.2) is 42.5 Å². The van der Waals surface area contributed by atoms with Crippen molar-refractivity contribution < 1.29 is 42.0 Å². The minimum absolute atomic E-state index is 0. The van der Waals surface area contributed by atoms with E-state index < -0.39 is 0 Å². The Hall–Kier alpha value is -1.03. The Morgan fingerprint density at radius 2 is 1.41 bits per heavy atom. The van der Waals surface area contributed by atoms with E-state index in [0.29, 0.717) is 0 Å². The van der Waals surface area contributed by atoms with E-state index >= 15 is 0 Å². The van der Waals surface area contributed by atoms with Gasteiger partial charge in [-0.05, 0) is 71.4 Å². The van der Waals surface area contributed by atoms with Crippen LogP contribution in [0.3, 0.4) is 0 Å². The van der Waals surface area contributed by atoms with Crippen LogP contribution in [0.1, 0.15) is 67.7 Å². The van der Waals surface area contributed by atoms with Gasteiger partial charge in [0.1, 0.15) is 0 Å². The fourth-order valence-corrected chi connectivity index (χ4v) is 5.52. The van der Waals surface area contributed by atoms with Gasteiger partial charge in [0.15, 0.2) is 5.54 Å². The summed E-state index contributed by atoms with van der Waals surface area (Å²) in [6, 6.07) is 14.6. The molecule has 32 heavy (non-hydrogen) atoms. The zero-order valence-corrected chi connectivity index (χ0v) is 23.7. The van der Waals surface area contributed by atoms with Crippen molar-refractivity contribution in [2.45, 2.75) is 78.7 Å². The van der Waals surface area contributed by atoms with Crippen LogP contribution in [0.25, 0.3) is 0 Å². The molecule has 4 heteroatoms. The fourth-order valence-electron chi connectivity index (χ4n) is 5.52. The average molecular weight is 511 g/mol. The zero-order chi connectivity index (χ0) is 22.5. The molecule has 171 valence electrons. The second-order valence-electron chi connectivity index (χ2n) is 9.74. The Bertz CT molecular complexity index is 859.